The third-order valence-corrected chi connectivity index (χ3v) is 3.90. The van der Waals surface area contributed by atoms with Gasteiger partial charge in [-0.05, 0) is 35.5 Å². The lowest BCUT2D eigenvalue weighted by Gasteiger charge is -2.12. The number of fused-ring (bicyclic) bond motifs is 1. The lowest BCUT2D eigenvalue weighted by Crippen LogP contribution is -2.27. The van der Waals surface area contributed by atoms with Crippen molar-refractivity contribution in [2.75, 3.05) is 13.1 Å². The van der Waals surface area contributed by atoms with Crippen molar-refractivity contribution >= 4 is 11.7 Å². The van der Waals surface area contributed by atoms with E-state index in [0.29, 0.717) is 30.5 Å². The van der Waals surface area contributed by atoms with Crippen LogP contribution in [0.3, 0.4) is 0 Å². The van der Waals surface area contributed by atoms with E-state index >= 15 is 0 Å². The number of likely N-dealkylation sites (tertiary alicyclic amines) is 1. The minimum atomic E-state index is -0.836. The van der Waals surface area contributed by atoms with E-state index in [1.807, 2.05) is 6.07 Å². The van der Waals surface area contributed by atoms with Crippen LogP contribution in [0.4, 0.5) is 4.79 Å². The number of amides is 1. The molecule has 1 aliphatic heterocycles. The fourth-order valence-corrected chi connectivity index (χ4v) is 2.96. The molecule has 1 fully saturated rings. The number of carbonyl (C=O) groups is 1. The van der Waals surface area contributed by atoms with Crippen molar-refractivity contribution in [2.24, 2.45) is 11.8 Å². The van der Waals surface area contributed by atoms with Crippen molar-refractivity contribution in [3.63, 3.8) is 0 Å². The Hall–Kier alpha value is -2.35. The molecule has 1 aromatic heterocycles. The van der Waals surface area contributed by atoms with Gasteiger partial charge in [-0.15, -0.1) is 0 Å². The van der Waals surface area contributed by atoms with E-state index < -0.39 is 6.09 Å². The summed E-state index contributed by atoms with van der Waals surface area (Å²) in [5.41, 5.74) is 2.72. The van der Waals surface area contributed by atoms with Crippen molar-refractivity contribution in [1.82, 2.24) is 9.88 Å². The fraction of sp³-hybridized carbons (Fsp3) is 0.357. The molecule has 2 atom stereocenters. The molecule has 0 unspecified atom stereocenters. The van der Waals surface area contributed by atoms with Crippen LogP contribution in [0, 0.1) is 23.2 Å². The number of allylic oxidation sites excluding steroid dienone is 1. The van der Waals surface area contributed by atoms with E-state index in [1.54, 1.807) is 12.4 Å². The molecule has 5 heteroatoms. The smallest absolute Gasteiger partial charge is 0.407 e. The Balaban J connectivity index is 1.81. The quantitative estimate of drug-likeness (QED) is 0.832. The number of pyridine rings is 1. The standard InChI is InChI=1S/C14H13N3O2/c15-4-9-1-11(6-16-5-9)10-2-12-7-17(14(18)19)8-13(12)3-10/h1-2,5-6,12-13H,3,7-8H2,(H,18,19)/t12-,13+/m1/s1. The van der Waals surface area contributed by atoms with Gasteiger partial charge in [0.05, 0.1) is 5.56 Å². The van der Waals surface area contributed by atoms with Crippen LogP contribution in [-0.4, -0.2) is 34.2 Å². The minimum absolute atomic E-state index is 0.303. The summed E-state index contributed by atoms with van der Waals surface area (Å²) in [6.45, 7) is 1.18. The molecular formula is C14H13N3O2. The molecule has 3 rings (SSSR count). The van der Waals surface area contributed by atoms with Crippen LogP contribution in [0.15, 0.2) is 24.5 Å². The number of aromatic nitrogens is 1. The van der Waals surface area contributed by atoms with Gasteiger partial charge in [-0.3, -0.25) is 4.98 Å². The van der Waals surface area contributed by atoms with E-state index in [4.69, 9.17) is 10.4 Å². The molecular weight excluding hydrogens is 242 g/mol. The summed E-state index contributed by atoms with van der Waals surface area (Å²) >= 11 is 0. The summed E-state index contributed by atoms with van der Waals surface area (Å²) in [6, 6.07) is 3.93. The highest BCUT2D eigenvalue weighted by Gasteiger charge is 2.38. The summed E-state index contributed by atoms with van der Waals surface area (Å²) in [7, 11) is 0. The third kappa shape index (κ3) is 2.06. The van der Waals surface area contributed by atoms with Gasteiger partial charge in [-0.25, -0.2) is 4.79 Å². The van der Waals surface area contributed by atoms with Crippen molar-refractivity contribution in [3.8, 4) is 6.07 Å². The van der Waals surface area contributed by atoms with Gasteiger partial charge in [0.25, 0.3) is 0 Å². The molecule has 1 aromatic rings. The van der Waals surface area contributed by atoms with E-state index in [2.05, 4.69) is 17.1 Å². The maximum absolute atomic E-state index is 10.9. The molecule has 5 nitrogen and oxygen atoms in total. The number of carboxylic acid groups (broad SMARTS) is 1. The van der Waals surface area contributed by atoms with E-state index in [1.165, 1.54) is 10.5 Å². The summed E-state index contributed by atoms with van der Waals surface area (Å²) < 4.78 is 0. The SMILES string of the molecule is N#Cc1cncc(C2=C[C@@H]3CN(C(=O)O)C[C@@H]3C2)c1. The van der Waals surface area contributed by atoms with Crippen molar-refractivity contribution in [2.45, 2.75) is 6.42 Å². The molecule has 2 aliphatic rings. The first-order chi connectivity index (χ1) is 9.17. The molecule has 2 heterocycles. The largest absolute Gasteiger partial charge is 0.465 e. The number of hydrogen-bond donors (Lipinski definition) is 1. The second-order valence-corrected chi connectivity index (χ2v) is 5.08. The third-order valence-electron chi connectivity index (χ3n) is 3.90. The summed E-state index contributed by atoms with van der Waals surface area (Å²) in [5, 5.41) is 17.9. The molecule has 0 bridgehead atoms. The Kier molecular flexibility index (Phi) is 2.71. The molecule has 1 saturated heterocycles. The lowest BCUT2D eigenvalue weighted by atomic mass is 9.98. The predicted molar refractivity (Wildman–Crippen MR) is 68.1 cm³/mol. The zero-order valence-corrected chi connectivity index (χ0v) is 10.3. The van der Waals surface area contributed by atoms with Gasteiger partial charge in [0.1, 0.15) is 6.07 Å². The highest BCUT2D eigenvalue weighted by Crippen LogP contribution is 2.40. The van der Waals surface area contributed by atoms with Gasteiger partial charge in [-0.1, -0.05) is 6.08 Å². The molecule has 0 radical (unpaired) electrons. The Labute approximate surface area is 110 Å². The molecule has 1 aliphatic carbocycles. The molecule has 0 spiro atoms. The fourth-order valence-electron chi connectivity index (χ4n) is 2.96. The monoisotopic (exact) mass is 255 g/mol. The number of hydrogen-bond acceptors (Lipinski definition) is 3. The predicted octanol–water partition coefficient (Wildman–Crippen LogP) is 1.97. The molecule has 96 valence electrons. The average molecular weight is 255 g/mol. The maximum atomic E-state index is 10.9. The van der Waals surface area contributed by atoms with Gasteiger partial charge in [0, 0.05) is 25.5 Å². The first kappa shape index (κ1) is 11.7. The Morgan fingerprint density at radius 1 is 1.47 bits per heavy atom. The van der Waals surface area contributed by atoms with Crippen LogP contribution in [0.5, 0.6) is 0 Å². The zero-order valence-electron chi connectivity index (χ0n) is 10.3. The van der Waals surface area contributed by atoms with Gasteiger partial charge in [0.2, 0.25) is 0 Å². The van der Waals surface area contributed by atoms with E-state index in [-0.39, 0.29) is 0 Å². The summed E-state index contributed by atoms with van der Waals surface area (Å²) in [4.78, 5) is 16.5. The number of nitrogens with zero attached hydrogens (tertiary/aromatic N) is 3. The zero-order chi connectivity index (χ0) is 13.4. The van der Waals surface area contributed by atoms with Crippen LogP contribution >= 0.6 is 0 Å². The number of nitriles is 1. The van der Waals surface area contributed by atoms with Gasteiger partial charge in [0.15, 0.2) is 0 Å². The topological polar surface area (TPSA) is 77.2 Å². The van der Waals surface area contributed by atoms with Gasteiger partial charge in [-0.2, -0.15) is 5.26 Å². The second kappa shape index (κ2) is 4.39. The van der Waals surface area contributed by atoms with E-state index in [0.717, 1.165) is 12.0 Å². The molecule has 1 N–H and O–H groups in total. The van der Waals surface area contributed by atoms with Crippen LogP contribution in [0.2, 0.25) is 0 Å². The Bertz CT molecular complexity index is 603. The minimum Gasteiger partial charge on any atom is -0.465 e. The number of rotatable bonds is 1. The van der Waals surface area contributed by atoms with Crippen molar-refractivity contribution in [1.29, 1.82) is 5.26 Å². The average Bonchev–Trinajstić information content (AvgIpc) is 2.96. The normalized spacial score (nSPS) is 24.8. The van der Waals surface area contributed by atoms with Crippen LogP contribution in [0.25, 0.3) is 5.57 Å². The van der Waals surface area contributed by atoms with Gasteiger partial charge < -0.3 is 10.0 Å². The molecule has 0 saturated carbocycles. The van der Waals surface area contributed by atoms with Crippen LogP contribution in [0.1, 0.15) is 17.5 Å². The molecule has 1 amide bonds. The first-order valence-corrected chi connectivity index (χ1v) is 6.21. The van der Waals surface area contributed by atoms with Crippen molar-refractivity contribution < 1.29 is 9.90 Å². The van der Waals surface area contributed by atoms with E-state index in [9.17, 15) is 4.79 Å². The Morgan fingerprint density at radius 2 is 2.32 bits per heavy atom. The van der Waals surface area contributed by atoms with Crippen LogP contribution < -0.4 is 0 Å². The molecule has 0 aromatic carbocycles. The van der Waals surface area contributed by atoms with Gasteiger partial charge >= 0.3 is 6.09 Å². The summed E-state index contributed by atoms with van der Waals surface area (Å²) in [6.07, 6.45) is 5.49. The first-order valence-electron chi connectivity index (χ1n) is 6.21. The Morgan fingerprint density at radius 3 is 3.00 bits per heavy atom. The highest BCUT2D eigenvalue weighted by atomic mass is 16.4. The van der Waals surface area contributed by atoms with Crippen LogP contribution in [-0.2, 0) is 0 Å². The van der Waals surface area contributed by atoms with Crippen molar-refractivity contribution in [3.05, 3.63) is 35.7 Å². The second-order valence-electron chi connectivity index (χ2n) is 5.08. The molecule has 19 heavy (non-hydrogen) atoms. The maximum Gasteiger partial charge on any atom is 0.407 e. The highest BCUT2D eigenvalue weighted by molar-refractivity contribution is 5.70. The summed E-state index contributed by atoms with van der Waals surface area (Å²) in [5.74, 6) is 0.675. The lowest BCUT2D eigenvalue weighted by molar-refractivity contribution is 0.153.